The molecular formula is C20H16F4N4. The van der Waals surface area contributed by atoms with Gasteiger partial charge in [0.15, 0.2) is 5.65 Å². The molecule has 4 nitrogen and oxygen atoms in total. The van der Waals surface area contributed by atoms with Crippen LogP contribution in [0.5, 0.6) is 0 Å². The van der Waals surface area contributed by atoms with Gasteiger partial charge in [0.25, 0.3) is 0 Å². The van der Waals surface area contributed by atoms with E-state index in [4.69, 9.17) is 0 Å². The molecule has 0 saturated heterocycles. The Morgan fingerprint density at radius 3 is 2.82 bits per heavy atom. The zero-order valence-electron chi connectivity index (χ0n) is 14.7. The van der Waals surface area contributed by atoms with E-state index in [9.17, 15) is 22.8 Å². The Hall–Kier alpha value is -3.08. The number of aromatic nitrogens is 2. The molecule has 8 heteroatoms. The molecule has 3 aromatic rings. The summed E-state index contributed by atoms with van der Waals surface area (Å²) in [7, 11) is 0. The predicted molar refractivity (Wildman–Crippen MR) is 95.4 cm³/mol. The van der Waals surface area contributed by atoms with E-state index < -0.39 is 12.6 Å². The van der Waals surface area contributed by atoms with E-state index in [2.05, 4.69) is 10.3 Å². The van der Waals surface area contributed by atoms with Crippen LogP contribution in [0.4, 0.5) is 23.2 Å². The van der Waals surface area contributed by atoms with Gasteiger partial charge in [0.2, 0.25) is 0 Å². The SMILES string of the molecule is N#Cc1c(NCC2CC2c2cccc(F)c2)ccn2c(CC(F)(F)F)cnc12. The average Bonchev–Trinajstić information content (AvgIpc) is 3.32. The zero-order valence-corrected chi connectivity index (χ0v) is 14.7. The Balaban J connectivity index is 1.50. The van der Waals surface area contributed by atoms with Gasteiger partial charge in [-0.1, -0.05) is 12.1 Å². The number of nitrogens with one attached hydrogen (secondary N) is 1. The van der Waals surface area contributed by atoms with Gasteiger partial charge in [-0.3, -0.25) is 0 Å². The fourth-order valence-corrected chi connectivity index (χ4v) is 3.55. The standard InChI is InChI=1S/C20H16F4N4/c21-14-3-1-2-12(6-14)16-7-13(16)10-26-18-4-5-28-15(8-20(22,23)24)11-27-19(28)17(18)9-25/h1-6,11,13,16,26H,7-8,10H2. The fourth-order valence-electron chi connectivity index (χ4n) is 3.55. The molecule has 1 saturated carbocycles. The molecule has 2 unspecified atom stereocenters. The largest absolute Gasteiger partial charge is 0.394 e. The summed E-state index contributed by atoms with van der Waals surface area (Å²) in [5.74, 6) is 0.315. The number of hydrogen-bond acceptors (Lipinski definition) is 3. The Morgan fingerprint density at radius 1 is 1.29 bits per heavy atom. The molecule has 0 amide bonds. The smallest absolute Gasteiger partial charge is 0.384 e. The lowest BCUT2D eigenvalue weighted by Crippen LogP contribution is -2.13. The van der Waals surface area contributed by atoms with Gasteiger partial charge in [-0.2, -0.15) is 18.4 Å². The van der Waals surface area contributed by atoms with Crippen LogP contribution in [0.1, 0.15) is 29.2 Å². The number of rotatable bonds is 5. The first-order valence-corrected chi connectivity index (χ1v) is 8.81. The first kappa shape index (κ1) is 18.3. The summed E-state index contributed by atoms with van der Waals surface area (Å²) in [6.45, 7) is 0.585. The minimum absolute atomic E-state index is 0.0149. The monoisotopic (exact) mass is 388 g/mol. The molecule has 0 aliphatic heterocycles. The summed E-state index contributed by atoms with van der Waals surface area (Å²) in [6, 6.07) is 10.1. The number of anilines is 1. The number of imidazole rings is 1. The maximum absolute atomic E-state index is 13.4. The molecule has 0 radical (unpaired) electrons. The molecule has 28 heavy (non-hydrogen) atoms. The molecule has 0 spiro atoms. The van der Waals surface area contributed by atoms with Crippen LogP contribution in [0.25, 0.3) is 5.65 Å². The zero-order chi connectivity index (χ0) is 19.9. The summed E-state index contributed by atoms with van der Waals surface area (Å²) in [6.07, 6.45) is -1.90. The molecule has 1 fully saturated rings. The maximum atomic E-state index is 13.4. The summed E-state index contributed by atoms with van der Waals surface area (Å²) in [5, 5.41) is 12.7. The van der Waals surface area contributed by atoms with Gasteiger partial charge < -0.3 is 9.72 Å². The number of benzene rings is 1. The summed E-state index contributed by atoms with van der Waals surface area (Å²) >= 11 is 0. The van der Waals surface area contributed by atoms with Gasteiger partial charge in [-0.15, -0.1) is 0 Å². The van der Waals surface area contributed by atoms with Crippen LogP contribution < -0.4 is 5.32 Å². The van der Waals surface area contributed by atoms with E-state index in [1.807, 2.05) is 12.1 Å². The third-order valence-corrected chi connectivity index (χ3v) is 5.00. The number of nitrogens with zero attached hydrogens (tertiary/aromatic N) is 3. The summed E-state index contributed by atoms with van der Waals surface area (Å²) in [5.41, 5.74) is 1.87. The first-order chi connectivity index (χ1) is 13.4. The van der Waals surface area contributed by atoms with Crippen molar-refractivity contribution >= 4 is 11.3 Å². The molecule has 1 aliphatic rings. The van der Waals surface area contributed by atoms with Crippen molar-refractivity contribution in [3.8, 4) is 6.07 Å². The number of halogens is 4. The lowest BCUT2D eigenvalue weighted by molar-refractivity contribution is -0.127. The highest BCUT2D eigenvalue weighted by molar-refractivity contribution is 5.70. The molecule has 2 aromatic heterocycles. The predicted octanol–water partition coefficient (Wildman–Crippen LogP) is 4.67. The highest BCUT2D eigenvalue weighted by Gasteiger charge is 2.38. The van der Waals surface area contributed by atoms with Crippen molar-refractivity contribution in [2.75, 3.05) is 11.9 Å². The highest BCUT2D eigenvalue weighted by Crippen LogP contribution is 2.47. The number of hydrogen-bond donors (Lipinski definition) is 1. The van der Waals surface area contributed by atoms with Gasteiger partial charge in [0.1, 0.15) is 17.4 Å². The molecule has 4 rings (SSSR count). The highest BCUT2D eigenvalue weighted by atomic mass is 19.4. The van der Waals surface area contributed by atoms with Crippen LogP contribution in [0.2, 0.25) is 0 Å². The minimum atomic E-state index is -4.35. The fraction of sp³-hybridized carbons (Fsp3) is 0.300. The van der Waals surface area contributed by atoms with Crippen molar-refractivity contribution in [2.24, 2.45) is 5.92 Å². The van der Waals surface area contributed by atoms with Gasteiger partial charge in [0.05, 0.1) is 17.8 Å². The quantitative estimate of drug-likeness (QED) is 0.647. The van der Waals surface area contributed by atoms with Crippen LogP contribution in [0, 0.1) is 23.1 Å². The van der Waals surface area contributed by atoms with E-state index in [-0.39, 0.29) is 28.6 Å². The van der Waals surface area contributed by atoms with Gasteiger partial charge >= 0.3 is 6.18 Å². The Morgan fingerprint density at radius 2 is 2.11 bits per heavy atom. The third-order valence-electron chi connectivity index (χ3n) is 5.00. The Bertz CT molecular complexity index is 1060. The second kappa shape index (κ2) is 6.82. The summed E-state index contributed by atoms with van der Waals surface area (Å²) < 4.78 is 52.7. The van der Waals surface area contributed by atoms with E-state index in [0.29, 0.717) is 18.2 Å². The van der Waals surface area contributed by atoms with Gasteiger partial charge in [0, 0.05) is 18.9 Å². The van der Waals surface area contributed by atoms with Crippen LogP contribution in [-0.2, 0) is 6.42 Å². The number of pyridine rings is 1. The minimum Gasteiger partial charge on any atom is -0.384 e. The maximum Gasteiger partial charge on any atom is 0.394 e. The van der Waals surface area contributed by atoms with E-state index in [1.54, 1.807) is 12.1 Å². The topological polar surface area (TPSA) is 53.1 Å². The average molecular weight is 388 g/mol. The molecule has 1 aromatic carbocycles. The van der Waals surface area contributed by atoms with Gasteiger partial charge in [-0.05, 0) is 42.0 Å². The molecule has 2 heterocycles. The van der Waals surface area contributed by atoms with E-state index in [1.165, 1.54) is 22.7 Å². The number of nitriles is 1. The molecule has 1 N–H and O–H groups in total. The Labute approximate surface area is 158 Å². The molecule has 2 atom stereocenters. The second-order valence-electron chi connectivity index (χ2n) is 6.99. The van der Waals surface area contributed by atoms with Crippen molar-refractivity contribution in [3.63, 3.8) is 0 Å². The third kappa shape index (κ3) is 3.65. The van der Waals surface area contributed by atoms with Crippen molar-refractivity contribution in [2.45, 2.75) is 24.9 Å². The second-order valence-corrected chi connectivity index (χ2v) is 6.99. The molecule has 1 aliphatic carbocycles. The van der Waals surface area contributed by atoms with E-state index >= 15 is 0 Å². The van der Waals surface area contributed by atoms with Gasteiger partial charge in [-0.25, -0.2) is 9.37 Å². The van der Waals surface area contributed by atoms with Crippen LogP contribution in [-0.4, -0.2) is 22.1 Å². The first-order valence-electron chi connectivity index (χ1n) is 8.81. The van der Waals surface area contributed by atoms with Crippen molar-refractivity contribution in [3.05, 3.63) is 65.4 Å². The van der Waals surface area contributed by atoms with Crippen molar-refractivity contribution in [1.29, 1.82) is 5.26 Å². The lowest BCUT2D eigenvalue weighted by Gasteiger charge is -2.11. The van der Waals surface area contributed by atoms with Crippen LogP contribution >= 0.6 is 0 Å². The number of alkyl halides is 3. The molecule has 0 bridgehead atoms. The van der Waals surface area contributed by atoms with Crippen molar-refractivity contribution in [1.82, 2.24) is 9.38 Å². The molecule has 144 valence electrons. The van der Waals surface area contributed by atoms with Crippen LogP contribution in [0.15, 0.2) is 42.7 Å². The Kier molecular flexibility index (Phi) is 4.46. The summed E-state index contributed by atoms with van der Waals surface area (Å²) in [4.78, 5) is 4.01. The number of fused-ring (bicyclic) bond motifs is 1. The van der Waals surface area contributed by atoms with Crippen molar-refractivity contribution < 1.29 is 17.6 Å². The molecular weight excluding hydrogens is 372 g/mol. The normalized spacial score (nSPS) is 18.8. The lowest BCUT2D eigenvalue weighted by atomic mass is 10.1. The van der Waals surface area contributed by atoms with Crippen LogP contribution in [0.3, 0.4) is 0 Å². The van der Waals surface area contributed by atoms with E-state index in [0.717, 1.165) is 18.2 Å².